The Balaban J connectivity index is 1.03. The van der Waals surface area contributed by atoms with Crippen LogP contribution >= 0.6 is 0 Å². The Morgan fingerprint density at radius 2 is 1.13 bits per heavy atom. The lowest BCUT2D eigenvalue weighted by Gasteiger charge is -2.30. The molecule has 0 bridgehead atoms. The molecule has 0 aromatic heterocycles. The number of aliphatic imine (C=N–C) groups is 1. The molecule has 2 nitrogen and oxygen atoms in total. The highest BCUT2D eigenvalue weighted by atomic mass is 16.5. The summed E-state index contributed by atoms with van der Waals surface area (Å²) in [5.41, 5.74) is 17.3. The quantitative estimate of drug-likeness (QED) is 0.157. The molecule has 0 saturated heterocycles. The van der Waals surface area contributed by atoms with Crippen LogP contribution in [0, 0.1) is 5.92 Å². The van der Waals surface area contributed by atoms with Crippen molar-refractivity contribution in [1.29, 1.82) is 0 Å². The Kier molecular flexibility index (Phi) is 10.3. The van der Waals surface area contributed by atoms with E-state index in [0.717, 1.165) is 37.1 Å². The smallest absolute Gasteiger partial charge is 0.128 e. The molecule has 9 aromatic carbocycles. The van der Waals surface area contributed by atoms with Gasteiger partial charge in [-0.1, -0.05) is 201 Å². The third-order valence-corrected chi connectivity index (χ3v) is 13.4. The first-order valence-corrected chi connectivity index (χ1v) is 22.6. The van der Waals surface area contributed by atoms with Crippen LogP contribution < -0.4 is 4.74 Å². The first-order chi connectivity index (χ1) is 31.2. The van der Waals surface area contributed by atoms with Crippen molar-refractivity contribution >= 4 is 32.8 Å². The van der Waals surface area contributed by atoms with Crippen molar-refractivity contribution in [3.05, 3.63) is 229 Å². The zero-order valence-electron chi connectivity index (χ0n) is 35.7. The normalized spacial score (nSPS) is 17.0. The monoisotopic (exact) mass is 811 g/mol. The molecule has 0 saturated carbocycles. The van der Waals surface area contributed by atoms with Gasteiger partial charge in [0, 0.05) is 29.2 Å². The van der Waals surface area contributed by atoms with E-state index >= 15 is 0 Å². The predicted octanol–water partition coefficient (Wildman–Crippen LogP) is 16.0. The van der Waals surface area contributed by atoms with E-state index in [0.29, 0.717) is 6.61 Å². The van der Waals surface area contributed by atoms with Crippen LogP contribution in [0.1, 0.15) is 54.5 Å². The zero-order valence-corrected chi connectivity index (χ0v) is 35.7. The Morgan fingerprint density at radius 1 is 0.492 bits per heavy atom. The van der Waals surface area contributed by atoms with Crippen LogP contribution in [0.3, 0.4) is 0 Å². The van der Waals surface area contributed by atoms with Gasteiger partial charge in [-0.15, -0.1) is 0 Å². The first-order valence-electron chi connectivity index (χ1n) is 22.6. The Labute approximate surface area is 370 Å². The topological polar surface area (TPSA) is 21.6 Å². The van der Waals surface area contributed by atoms with Gasteiger partial charge in [0.05, 0.1) is 12.6 Å². The summed E-state index contributed by atoms with van der Waals surface area (Å²) in [6, 6.07) is 73.2. The van der Waals surface area contributed by atoms with Gasteiger partial charge in [0.15, 0.2) is 0 Å². The van der Waals surface area contributed by atoms with Crippen molar-refractivity contribution in [2.24, 2.45) is 10.9 Å². The van der Waals surface area contributed by atoms with Gasteiger partial charge in [-0.05, 0) is 114 Å². The molecular formula is C61H49NO. The third kappa shape index (κ3) is 7.36. The van der Waals surface area contributed by atoms with Crippen LogP contribution in [0.2, 0.25) is 0 Å². The summed E-state index contributed by atoms with van der Waals surface area (Å²) in [5, 5.41) is 4.93. The van der Waals surface area contributed by atoms with Crippen molar-refractivity contribution in [3.63, 3.8) is 0 Å². The van der Waals surface area contributed by atoms with Crippen LogP contribution in [-0.4, -0.2) is 12.3 Å². The van der Waals surface area contributed by atoms with Gasteiger partial charge >= 0.3 is 0 Å². The fourth-order valence-corrected chi connectivity index (χ4v) is 10.2. The van der Waals surface area contributed by atoms with E-state index in [9.17, 15) is 0 Å². The molecule has 0 fully saturated rings. The van der Waals surface area contributed by atoms with Gasteiger partial charge in [-0.2, -0.15) is 0 Å². The Hall–Kier alpha value is -7.29. The second-order valence-electron chi connectivity index (χ2n) is 17.0. The maximum absolute atomic E-state index is 6.85. The van der Waals surface area contributed by atoms with E-state index < -0.39 is 0 Å². The minimum Gasteiger partial charge on any atom is -0.493 e. The van der Waals surface area contributed by atoms with E-state index in [2.05, 4.69) is 213 Å². The highest BCUT2D eigenvalue weighted by molar-refractivity contribution is 6.16. The minimum atomic E-state index is -0.0648. The largest absolute Gasteiger partial charge is 0.493 e. The van der Waals surface area contributed by atoms with Crippen molar-refractivity contribution in [3.8, 4) is 50.3 Å². The highest BCUT2D eigenvalue weighted by Gasteiger charge is 2.30. The molecule has 2 aliphatic heterocycles. The summed E-state index contributed by atoms with van der Waals surface area (Å²) in [5.74, 6) is 1.14. The number of rotatable bonds is 7. The lowest BCUT2D eigenvalue weighted by Crippen LogP contribution is -2.18. The summed E-state index contributed by atoms with van der Waals surface area (Å²) in [6.45, 7) is 2.94. The van der Waals surface area contributed by atoms with Crippen LogP contribution in [0.5, 0.6) is 5.75 Å². The van der Waals surface area contributed by atoms with Gasteiger partial charge in [0.1, 0.15) is 5.75 Å². The second-order valence-corrected chi connectivity index (χ2v) is 17.0. The SMILES string of the molecule is CCC1/C(c2ccccc2)=C\CCC(c2cc3c(c4ccccc24)-c2c(cccc2-c2ccc(-c4ccc5ccccc5c4)cc2)CCO3)=NC1c1ccc(-c2ccccc2)cc1. The highest BCUT2D eigenvalue weighted by Crippen LogP contribution is 2.48. The van der Waals surface area contributed by atoms with Gasteiger partial charge in [0.25, 0.3) is 0 Å². The van der Waals surface area contributed by atoms with Crippen LogP contribution in [0.4, 0.5) is 0 Å². The van der Waals surface area contributed by atoms with Gasteiger partial charge < -0.3 is 4.74 Å². The minimum absolute atomic E-state index is 0.0648. The number of allylic oxidation sites excluding steroid dienone is 1. The van der Waals surface area contributed by atoms with E-state index in [1.807, 2.05) is 0 Å². The first kappa shape index (κ1) is 38.6. The van der Waals surface area contributed by atoms with Crippen molar-refractivity contribution < 1.29 is 4.74 Å². The summed E-state index contributed by atoms with van der Waals surface area (Å²) >= 11 is 0. The number of benzene rings is 9. The fourth-order valence-electron chi connectivity index (χ4n) is 10.2. The zero-order chi connectivity index (χ0) is 42.1. The van der Waals surface area contributed by atoms with Crippen LogP contribution in [0.15, 0.2) is 211 Å². The van der Waals surface area contributed by atoms with Crippen LogP contribution in [0.25, 0.3) is 71.6 Å². The molecular weight excluding hydrogens is 763 g/mol. The number of nitrogens with zero attached hydrogens (tertiary/aromatic N) is 1. The molecule has 0 aliphatic carbocycles. The molecule has 2 heteroatoms. The molecule has 9 aromatic rings. The van der Waals surface area contributed by atoms with Crippen molar-refractivity contribution in [2.75, 3.05) is 6.61 Å². The van der Waals surface area contributed by atoms with E-state index in [1.165, 1.54) is 93.9 Å². The molecule has 304 valence electrons. The lowest BCUT2D eigenvalue weighted by molar-refractivity contribution is 0.327. The Bertz CT molecular complexity index is 3160. The van der Waals surface area contributed by atoms with Gasteiger partial charge in [0.2, 0.25) is 0 Å². The molecule has 0 amide bonds. The van der Waals surface area contributed by atoms with E-state index in [4.69, 9.17) is 9.73 Å². The lowest BCUT2D eigenvalue weighted by atomic mass is 9.79. The summed E-state index contributed by atoms with van der Waals surface area (Å²) in [6.07, 6.45) is 6.05. The molecule has 0 spiro atoms. The number of fused-ring (bicyclic) bond motifs is 6. The van der Waals surface area contributed by atoms with Gasteiger partial charge in [-0.3, -0.25) is 4.99 Å². The molecule has 2 aliphatic rings. The summed E-state index contributed by atoms with van der Waals surface area (Å²) in [7, 11) is 0. The van der Waals surface area contributed by atoms with Crippen molar-refractivity contribution in [2.45, 2.75) is 38.6 Å². The molecule has 2 atom stereocenters. The Morgan fingerprint density at radius 3 is 1.90 bits per heavy atom. The van der Waals surface area contributed by atoms with Crippen LogP contribution in [-0.2, 0) is 6.42 Å². The molecule has 2 heterocycles. The molecule has 11 rings (SSSR count). The number of hydrogen-bond donors (Lipinski definition) is 0. The number of hydrogen-bond acceptors (Lipinski definition) is 2. The maximum atomic E-state index is 6.85. The standard InChI is InChI=1S/C61H49NO/c1-2-51-52(45-18-7-4-8-19-45)24-14-26-57(62-61(51)48-34-29-43(30-35-48)41-15-5-3-6-16-41)56-40-58-60(55-23-12-11-22-54(55)56)59-47(37-38-63-58)21-13-25-53(59)46-32-27-44(28-33-46)50-36-31-42-17-9-10-20-49(42)39-50/h3-13,15-25,27-36,39-40,51,61H,2,14,26,37-38H2,1H3/b52-24-,62-57?. The summed E-state index contributed by atoms with van der Waals surface area (Å²) in [4.78, 5) is 5.91. The molecule has 0 N–H and O–H groups in total. The summed E-state index contributed by atoms with van der Waals surface area (Å²) < 4.78 is 6.85. The average molecular weight is 812 g/mol. The fraction of sp³-hybridized carbons (Fsp3) is 0.131. The van der Waals surface area contributed by atoms with Gasteiger partial charge in [-0.25, -0.2) is 0 Å². The van der Waals surface area contributed by atoms with E-state index in [-0.39, 0.29) is 12.0 Å². The van der Waals surface area contributed by atoms with E-state index in [1.54, 1.807) is 0 Å². The molecule has 2 unspecified atom stereocenters. The van der Waals surface area contributed by atoms with Crippen molar-refractivity contribution in [1.82, 2.24) is 0 Å². The average Bonchev–Trinajstić information content (AvgIpc) is 3.54. The molecule has 63 heavy (non-hydrogen) atoms. The number of ether oxygens (including phenoxy) is 1. The maximum Gasteiger partial charge on any atom is 0.128 e. The molecule has 0 radical (unpaired) electrons. The predicted molar refractivity (Wildman–Crippen MR) is 266 cm³/mol. The third-order valence-electron chi connectivity index (χ3n) is 13.4. The second kappa shape index (κ2) is 16.9.